The molecular formula is C15H20ClF. The molecule has 0 aromatic heterocycles. The largest absolute Gasteiger partial charge is 0.205 e. The monoisotopic (exact) mass is 254 g/mol. The summed E-state index contributed by atoms with van der Waals surface area (Å²) in [7, 11) is 0. The van der Waals surface area contributed by atoms with E-state index in [1.165, 1.54) is 32.1 Å². The van der Waals surface area contributed by atoms with Crippen LogP contribution in [0.25, 0.3) is 0 Å². The van der Waals surface area contributed by atoms with Crippen LogP contribution in [0, 0.1) is 17.7 Å². The summed E-state index contributed by atoms with van der Waals surface area (Å²) in [5.41, 5.74) is 1.07. The molecule has 94 valence electrons. The van der Waals surface area contributed by atoms with Gasteiger partial charge in [0.1, 0.15) is 5.82 Å². The van der Waals surface area contributed by atoms with E-state index in [4.69, 9.17) is 11.6 Å². The van der Waals surface area contributed by atoms with Gasteiger partial charge >= 0.3 is 0 Å². The summed E-state index contributed by atoms with van der Waals surface area (Å²) in [6.07, 6.45) is 7.58. The third-order valence-electron chi connectivity index (χ3n) is 3.96. The minimum atomic E-state index is -0.290. The Morgan fingerprint density at radius 3 is 2.59 bits per heavy atom. The third-order valence-corrected chi connectivity index (χ3v) is 4.27. The maximum absolute atomic E-state index is 13.3. The van der Waals surface area contributed by atoms with E-state index in [1.807, 2.05) is 6.07 Å². The van der Waals surface area contributed by atoms with Crippen molar-refractivity contribution >= 4 is 11.6 Å². The van der Waals surface area contributed by atoms with Gasteiger partial charge in [-0.25, -0.2) is 4.39 Å². The highest BCUT2D eigenvalue weighted by atomic mass is 35.5. The number of halogens is 2. The Bertz CT molecular complexity index is 367. The van der Waals surface area contributed by atoms with Gasteiger partial charge in [0, 0.05) is 0 Å². The van der Waals surface area contributed by atoms with E-state index in [9.17, 15) is 4.39 Å². The molecule has 1 fully saturated rings. The van der Waals surface area contributed by atoms with Crippen LogP contribution in [0.3, 0.4) is 0 Å². The van der Waals surface area contributed by atoms with Gasteiger partial charge in [-0.15, -0.1) is 0 Å². The second-order valence-corrected chi connectivity index (χ2v) is 5.82. The van der Waals surface area contributed by atoms with Crippen LogP contribution < -0.4 is 0 Å². The number of aryl methyl sites for hydroxylation is 1. The Kier molecular flexibility index (Phi) is 4.44. The molecule has 0 bridgehead atoms. The smallest absolute Gasteiger partial charge is 0.142 e. The molecule has 1 aliphatic rings. The second-order valence-electron chi connectivity index (χ2n) is 5.41. The van der Waals surface area contributed by atoms with Crippen molar-refractivity contribution in [3.05, 3.63) is 34.6 Å². The first-order chi connectivity index (χ1) is 8.15. The van der Waals surface area contributed by atoms with Gasteiger partial charge in [0.15, 0.2) is 0 Å². The summed E-state index contributed by atoms with van der Waals surface area (Å²) >= 11 is 5.67. The van der Waals surface area contributed by atoms with Gasteiger partial charge in [-0.3, -0.25) is 0 Å². The molecule has 0 heterocycles. The van der Waals surface area contributed by atoms with E-state index in [-0.39, 0.29) is 10.8 Å². The quantitative estimate of drug-likeness (QED) is 0.692. The molecule has 1 saturated carbocycles. The molecule has 1 aromatic carbocycles. The SMILES string of the molecule is C[C@H]1CC[C@H](CCc2ccc(Cl)c(F)c2)CC1. The van der Waals surface area contributed by atoms with Gasteiger partial charge in [-0.2, -0.15) is 0 Å². The number of hydrogen-bond acceptors (Lipinski definition) is 0. The molecule has 0 radical (unpaired) electrons. The van der Waals surface area contributed by atoms with Crippen LogP contribution in [0.4, 0.5) is 4.39 Å². The number of benzene rings is 1. The van der Waals surface area contributed by atoms with Crippen LogP contribution in [0.5, 0.6) is 0 Å². The normalized spacial score (nSPS) is 24.9. The van der Waals surface area contributed by atoms with Crippen LogP contribution in [-0.2, 0) is 6.42 Å². The van der Waals surface area contributed by atoms with Crippen molar-refractivity contribution in [3.8, 4) is 0 Å². The van der Waals surface area contributed by atoms with E-state index in [2.05, 4.69) is 6.92 Å². The second kappa shape index (κ2) is 5.86. The van der Waals surface area contributed by atoms with Crippen molar-refractivity contribution in [3.63, 3.8) is 0 Å². The van der Waals surface area contributed by atoms with Gasteiger partial charge in [-0.1, -0.05) is 50.3 Å². The maximum atomic E-state index is 13.3. The number of rotatable bonds is 3. The molecule has 2 rings (SSSR count). The lowest BCUT2D eigenvalue weighted by Gasteiger charge is -2.26. The fourth-order valence-electron chi connectivity index (χ4n) is 2.68. The Labute approximate surface area is 108 Å². The number of hydrogen-bond donors (Lipinski definition) is 0. The van der Waals surface area contributed by atoms with Crippen molar-refractivity contribution in [2.24, 2.45) is 11.8 Å². The van der Waals surface area contributed by atoms with Crippen LogP contribution in [0.2, 0.25) is 5.02 Å². The maximum Gasteiger partial charge on any atom is 0.142 e. The zero-order valence-corrected chi connectivity index (χ0v) is 11.1. The van der Waals surface area contributed by atoms with Crippen molar-refractivity contribution in [1.82, 2.24) is 0 Å². The first kappa shape index (κ1) is 12.9. The van der Waals surface area contributed by atoms with E-state index in [0.29, 0.717) is 0 Å². The standard InChI is InChI=1S/C15H20ClF/c1-11-2-4-12(5-3-11)6-7-13-8-9-14(16)15(17)10-13/h8-12H,2-7H2,1H3/t11-,12-. The molecule has 17 heavy (non-hydrogen) atoms. The summed E-state index contributed by atoms with van der Waals surface area (Å²) in [5, 5.41) is 0.222. The van der Waals surface area contributed by atoms with E-state index >= 15 is 0 Å². The molecule has 1 aliphatic carbocycles. The minimum Gasteiger partial charge on any atom is -0.205 e. The molecule has 0 N–H and O–H groups in total. The van der Waals surface area contributed by atoms with Gasteiger partial charge in [0.25, 0.3) is 0 Å². The first-order valence-corrected chi connectivity index (χ1v) is 6.97. The summed E-state index contributed by atoms with van der Waals surface area (Å²) < 4.78 is 13.3. The fourth-order valence-corrected chi connectivity index (χ4v) is 2.80. The lowest BCUT2D eigenvalue weighted by molar-refractivity contribution is 0.277. The molecule has 0 unspecified atom stereocenters. The molecule has 1 aromatic rings. The van der Waals surface area contributed by atoms with Crippen LogP contribution >= 0.6 is 11.6 Å². The zero-order valence-electron chi connectivity index (χ0n) is 10.4. The van der Waals surface area contributed by atoms with Crippen molar-refractivity contribution < 1.29 is 4.39 Å². The average Bonchev–Trinajstić information content (AvgIpc) is 2.33. The van der Waals surface area contributed by atoms with Crippen molar-refractivity contribution in [2.45, 2.75) is 45.4 Å². The van der Waals surface area contributed by atoms with Gasteiger partial charge in [-0.05, 0) is 42.4 Å². The van der Waals surface area contributed by atoms with Crippen molar-refractivity contribution in [1.29, 1.82) is 0 Å². The highest BCUT2D eigenvalue weighted by Crippen LogP contribution is 2.31. The van der Waals surface area contributed by atoms with Crippen LogP contribution in [-0.4, -0.2) is 0 Å². The van der Waals surface area contributed by atoms with Gasteiger partial charge in [0.05, 0.1) is 5.02 Å². The van der Waals surface area contributed by atoms with Gasteiger partial charge < -0.3 is 0 Å². The molecular weight excluding hydrogens is 235 g/mol. The topological polar surface area (TPSA) is 0 Å². The van der Waals surface area contributed by atoms with Crippen molar-refractivity contribution in [2.75, 3.05) is 0 Å². The molecule has 2 heteroatoms. The summed E-state index contributed by atoms with van der Waals surface area (Å²) in [4.78, 5) is 0. The minimum absolute atomic E-state index is 0.222. The summed E-state index contributed by atoms with van der Waals surface area (Å²) in [6.45, 7) is 2.34. The Hall–Kier alpha value is -0.560. The molecule has 0 amide bonds. The summed E-state index contributed by atoms with van der Waals surface area (Å²) in [5.74, 6) is 1.45. The fraction of sp³-hybridized carbons (Fsp3) is 0.600. The van der Waals surface area contributed by atoms with Crippen LogP contribution in [0.1, 0.15) is 44.6 Å². The average molecular weight is 255 g/mol. The molecule has 0 aliphatic heterocycles. The van der Waals surface area contributed by atoms with E-state index in [0.717, 1.165) is 23.8 Å². The molecule has 0 nitrogen and oxygen atoms in total. The lowest BCUT2D eigenvalue weighted by atomic mass is 9.80. The highest BCUT2D eigenvalue weighted by Gasteiger charge is 2.17. The Morgan fingerprint density at radius 2 is 1.94 bits per heavy atom. The lowest BCUT2D eigenvalue weighted by Crippen LogP contribution is -2.12. The van der Waals surface area contributed by atoms with E-state index < -0.39 is 0 Å². The Morgan fingerprint density at radius 1 is 1.24 bits per heavy atom. The Balaban J connectivity index is 1.83. The zero-order chi connectivity index (χ0) is 12.3. The molecule has 0 atom stereocenters. The predicted octanol–water partition coefficient (Wildman–Crippen LogP) is 5.24. The highest BCUT2D eigenvalue weighted by molar-refractivity contribution is 6.30. The first-order valence-electron chi connectivity index (χ1n) is 6.59. The van der Waals surface area contributed by atoms with Gasteiger partial charge in [0.2, 0.25) is 0 Å². The molecule has 0 spiro atoms. The van der Waals surface area contributed by atoms with Crippen LogP contribution in [0.15, 0.2) is 18.2 Å². The third kappa shape index (κ3) is 3.70. The van der Waals surface area contributed by atoms with E-state index in [1.54, 1.807) is 12.1 Å². The predicted molar refractivity (Wildman–Crippen MR) is 70.9 cm³/mol. The molecule has 0 saturated heterocycles. The summed E-state index contributed by atoms with van der Waals surface area (Å²) in [6, 6.07) is 5.18.